The van der Waals surface area contributed by atoms with Gasteiger partial charge < -0.3 is 51.9 Å². The van der Waals surface area contributed by atoms with Crippen molar-refractivity contribution in [3.05, 3.63) is 131 Å². The third kappa shape index (κ3) is 20.5. The topological polar surface area (TPSA) is 405 Å². The third-order valence-corrected chi connectivity index (χ3v) is 17.7. The monoisotopic (exact) mass is 1350 g/mol. The van der Waals surface area contributed by atoms with Crippen LogP contribution in [-0.4, -0.2) is 138 Å². The minimum Gasteiger partial charge on any atom is -0.375 e. The molecule has 29 nitrogen and oxygen atoms in total. The summed E-state index contributed by atoms with van der Waals surface area (Å²) in [7, 11) is 0. The zero-order valence-electron chi connectivity index (χ0n) is 56.2. The minimum absolute atomic E-state index is 0.00659. The number of aryl methyl sites for hydroxylation is 4. The van der Waals surface area contributed by atoms with Crippen molar-refractivity contribution >= 4 is 57.3 Å². The molecule has 0 aliphatic carbocycles. The van der Waals surface area contributed by atoms with Crippen LogP contribution in [0.1, 0.15) is 188 Å². The van der Waals surface area contributed by atoms with E-state index in [0.717, 1.165) is 124 Å². The molecule has 10 atom stereocenters. The second-order valence-corrected chi connectivity index (χ2v) is 25.6. The normalized spacial score (nSPS) is 23.4. The molecule has 5 aliphatic heterocycles. The number of carbonyl (C=O) groups excluding carboxylic acids is 2. The number of aromatic nitrogens is 12. The van der Waals surface area contributed by atoms with Gasteiger partial charge in [0, 0.05) is 67.7 Å². The zero-order chi connectivity index (χ0) is 69.0. The number of ether oxygens (including phenoxy) is 5. The Kier molecular flexibility index (Phi) is 27.9. The maximum absolute atomic E-state index is 12.2. The Balaban J connectivity index is 0.000000154. The van der Waals surface area contributed by atoms with E-state index >= 15 is 0 Å². The fourth-order valence-electron chi connectivity index (χ4n) is 11.8. The largest absolute Gasteiger partial charge is 0.375 e. The van der Waals surface area contributed by atoms with E-state index in [1.807, 2.05) is 49.7 Å². The van der Waals surface area contributed by atoms with Crippen molar-refractivity contribution in [1.29, 1.82) is 0 Å². The number of carbonyl (C=O) groups is 2. The van der Waals surface area contributed by atoms with Gasteiger partial charge in [0.25, 0.3) is 17.0 Å². The van der Waals surface area contributed by atoms with Crippen LogP contribution in [0.25, 0.3) is 22.3 Å². The van der Waals surface area contributed by atoms with Gasteiger partial charge in [0.15, 0.2) is 16.8 Å². The zero-order valence-corrected chi connectivity index (χ0v) is 57.0. The van der Waals surface area contributed by atoms with Crippen LogP contribution in [0.5, 0.6) is 0 Å². The molecule has 0 saturated carbocycles. The van der Waals surface area contributed by atoms with E-state index in [2.05, 4.69) is 57.4 Å². The summed E-state index contributed by atoms with van der Waals surface area (Å²) < 4.78 is 36.0. The van der Waals surface area contributed by atoms with E-state index in [1.54, 1.807) is 67.2 Å². The molecule has 12 rings (SSSR count). The molecule has 5 aliphatic rings. The first-order valence-corrected chi connectivity index (χ1v) is 33.8. The third-order valence-electron chi connectivity index (χ3n) is 17.4. The Morgan fingerprint density at radius 2 is 1.09 bits per heavy atom. The number of nitrogens with one attached hydrogen (secondary N) is 4. The molecule has 30 heteroatoms. The first-order valence-electron chi connectivity index (χ1n) is 33.4. The Morgan fingerprint density at radius 1 is 0.583 bits per heavy atom. The number of nitrogens with zero attached hydrogens (tertiary/aromatic N) is 10. The molecular weight excluding hydrogens is 1250 g/mol. The van der Waals surface area contributed by atoms with E-state index < -0.39 is 11.2 Å². The molecule has 6 aromatic heterocycles. The molecule has 96 heavy (non-hydrogen) atoms. The van der Waals surface area contributed by atoms with Crippen molar-refractivity contribution in [2.24, 2.45) is 28.9 Å². The number of amides is 2. The molecular formula is C66H96N18O11S. The predicted octanol–water partition coefficient (Wildman–Crippen LogP) is 6.14. The molecule has 11 heterocycles. The van der Waals surface area contributed by atoms with Crippen LogP contribution in [0.4, 0.5) is 5.95 Å². The van der Waals surface area contributed by atoms with Gasteiger partial charge in [-0.25, -0.2) is 29.5 Å². The Morgan fingerprint density at radius 3 is 1.65 bits per heavy atom. The van der Waals surface area contributed by atoms with Gasteiger partial charge in [0.1, 0.15) is 36.8 Å². The van der Waals surface area contributed by atoms with Crippen LogP contribution in [0.3, 0.4) is 0 Å². The number of thiocarbonyl (C=S) groups is 1. The van der Waals surface area contributed by atoms with Crippen LogP contribution < -0.4 is 56.1 Å². The average molecular weight is 1350 g/mol. The van der Waals surface area contributed by atoms with Gasteiger partial charge in [-0.05, 0) is 155 Å². The summed E-state index contributed by atoms with van der Waals surface area (Å²) in [5.41, 5.74) is 27.2. The summed E-state index contributed by atoms with van der Waals surface area (Å²) in [6, 6.07) is 9.13. The molecule has 2 amide bonds. The van der Waals surface area contributed by atoms with Crippen molar-refractivity contribution < 1.29 is 33.3 Å². The summed E-state index contributed by atoms with van der Waals surface area (Å²) in [5.74, 6) is -0.462. The number of fused-ring (bicyclic) bond motifs is 2. The SMILES string of the molecule is CC(C)C(=O)Nc1nc2c(ncn2C2CCCC(CN)O2)c(=O)[nH]1.CC1CCCC(CCC(=S)NC(=O)c2ccccc2)O1.Cc1cn(C2CCCC(CN)O2)c(=O)[nH]c1=O.Cc1cn(C2CCCC(CN)O2)c(=O)nc1C.Cc1ncnc2c1ncn2C1CCCC(CN)O1. The van der Waals surface area contributed by atoms with Crippen molar-refractivity contribution in [2.75, 3.05) is 31.5 Å². The highest BCUT2D eigenvalue weighted by Gasteiger charge is 2.29. The predicted molar refractivity (Wildman–Crippen MR) is 367 cm³/mol. The molecule has 5 saturated heterocycles. The van der Waals surface area contributed by atoms with E-state index in [1.165, 1.54) is 11.0 Å². The number of benzene rings is 1. The number of H-pyrrole nitrogens is 2. The summed E-state index contributed by atoms with van der Waals surface area (Å²) >= 11 is 5.24. The number of hydrogen-bond acceptors (Lipinski definition) is 22. The highest BCUT2D eigenvalue weighted by atomic mass is 32.1. The lowest BCUT2D eigenvalue weighted by Crippen LogP contribution is -2.38. The Bertz CT molecular complexity index is 3930. The van der Waals surface area contributed by atoms with Gasteiger partial charge >= 0.3 is 11.4 Å². The fourth-order valence-corrected chi connectivity index (χ4v) is 12.0. The second kappa shape index (κ2) is 36.1. The standard InChI is InChI=1S/C16H21NO2S.C15H22N6O3.C12H17N5O.C12H19N3O2.C11H17N3O3/c1-12-6-5-9-14(19-12)10-11-15(20)17-16(18)13-7-3-2-4-8-13;1-8(2)13(22)19-15-18-12-11(14(23)20-15)17-7-21(12)10-5-3-4-9(6-16)24-10;1-8-11-12(15-6-14-8)17(7-16-11)10-4-2-3-9(5-13)18-10;1-8-7-15(12(16)14-9(8)2)11-5-3-4-10(6-13)17-11;1-7-6-14(11(16)13-10(7)15)9-4-2-3-8(5-12)17-9/h2-4,7-8,12,14H,5-6,9-11H2,1H3,(H,17,18,20);7-10H,3-6,16H2,1-2H3,(H2,18,19,20,22,23);6-7,9-10H,2-5,13H2,1H3;7,10-11H,3-6,13H2,1-2H3;6,8-9H,2-5,12H2,1H3,(H,13,15,16). The van der Waals surface area contributed by atoms with Gasteiger partial charge in [-0.15, -0.1) is 0 Å². The Labute approximate surface area is 562 Å². The molecule has 7 aromatic rings. The second-order valence-electron chi connectivity index (χ2n) is 25.1. The lowest BCUT2D eigenvalue weighted by molar-refractivity contribution is -0.119. The van der Waals surface area contributed by atoms with Crippen LogP contribution >= 0.6 is 12.2 Å². The number of imidazole rings is 2. The Hall–Kier alpha value is -7.65. The smallest absolute Gasteiger partial charge is 0.349 e. The molecule has 1 aromatic carbocycles. The number of nitrogens with two attached hydrogens (primary N) is 4. The van der Waals surface area contributed by atoms with Gasteiger partial charge in [-0.2, -0.15) is 9.97 Å². The summed E-state index contributed by atoms with van der Waals surface area (Å²) in [6.07, 6.45) is 24.7. The van der Waals surface area contributed by atoms with Crippen molar-refractivity contribution in [3.8, 4) is 0 Å². The van der Waals surface area contributed by atoms with Crippen LogP contribution in [-0.2, 0) is 28.5 Å². The number of aromatic amines is 2. The summed E-state index contributed by atoms with van der Waals surface area (Å²) in [5, 5.41) is 5.39. The average Bonchev–Trinajstić information content (AvgIpc) is 1.61. The van der Waals surface area contributed by atoms with E-state index in [0.29, 0.717) is 60.5 Å². The maximum Gasteiger partial charge on any atom is 0.349 e. The lowest BCUT2D eigenvalue weighted by Gasteiger charge is -2.30. The highest BCUT2D eigenvalue weighted by molar-refractivity contribution is 7.80. The first kappa shape index (κ1) is 74.1. The van der Waals surface area contributed by atoms with Crippen LogP contribution in [0, 0.1) is 33.6 Å². The van der Waals surface area contributed by atoms with E-state index in [4.69, 9.17) is 58.8 Å². The van der Waals surface area contributed by atoms with Crippen molar-refractivity contribution in [3.63, 3.8) is 0 Å². The number of hydrogen-bond donors (Lipinski definition) is 8. The maximum atomic E-state index is 12.2. The summed E-state index contributed by atoms with van der Waals surface area (Å²) in [4.78, 5) is 101. The molecule has 5 fully saturated rings. The van der Waals surface area contributed by atoms with Gasteiger partial charge in [-0.1, -0.05) is 44.3 Å². The molecule has 522 valence electrons. The molecule has 0 bridgehead atoms. The van der Waals surface area contributed by atoms with Crippen molar-refractivity contribution in [2.45, 2.75) is 219 Å². The molecule has 12 N–H and O–H groups in total. The fraction of sp³-hybridized carbons (Fsp3) is 0.591. The minimum atomic E-state index is -0.428. The van der Waals surface area contributed by atoms with Gasteiger partial charge in [-0.3, -0.25) is 52.7 Å². The van der Waals surface area contributed by atoms with Crippen LogP contribution in [0.2, 0.25) is 0 Å². The lowest BCUT2D eigenvalue weighted by atomic mass is 10.0. The molecule has 10 unspecified atom stereocenters. The first-order chi connectivity index (χ1) is 46.2. The van der Waals surface area contributed by atoms with Gasteiger partial charge in [0.2, 0.25) is 11.9 Å². The molecule has 0 spiro atoms. The van der Waals surface area contributed by atoms with Crippen molar-refractivity contribution in [1.82, 2.24) is 63.5 Å². The van der Waals surface area contributed by atoms with Gasteiger partial charge in [0.05, 0.1) is 60.0 Å². The quantitative estimate of drug-likeness (QED) is 0.0567. The highest BCUT2D eigenvalue weighted by Crippen LogP contribution is 2.31. The van der Waals surface area contributed by atoms with E-state index in [9.17, 15) is 28.8 Å². The molecule has 0 radical (unpaired) electrons. The number of rotatable bonds is 14. The number of anilines is 1. The van der Waals surface area contributed by atoms with Crippen LogP contribution in [0.15, 0.2) is 80.9 Å². The van der Waals surface area contributed by atoms with E-state index in [-0.39, 0.29) is 95.9 Å². The summed E-state index contributed by atoms with van der Waals surface area (Å²) in [6.45, 7) is 15.0.